The van der Waals surface area contributed by atoms with Crippen LogP contribution in [0.2, 0.25) is 4.47 Å². The van der Waals surface area contributed by atoms with Gasteiger partial charge in [0.15, 0.2) is 4.47 Å². The number of amides is 2. The van der Waals surface area contributed by atoms with Gasteiger partial charge >= 0.3 is 6.03 Å². The minimum Gasteiger partial charge on any atom is -0.338 e. The van der Waals surface area contributed by atoms with Crippen molar-refractivity contribution in [3.05, 3.63) is 15.5 Å². The molecule has 1 aromatic rings. The maximum Gasteiger partial charge on any atom is 0.315 e. The van der Waals surface area contributed by atoms with Crippen LogP contribution in [0.25, 0.3) is 0 Å². The highest BCUT2D eigenvalue weighted by atomic mass is 35.5. The van der Waals surface area contributed by atoms with E-state index in [0.717, 1.165) is 17.3 Å². The first-order valence-corrected chi connectivity index (χ1v) is 6.96. The topological polar surface area (TPSA) is 54.0 Å². The van der Waals surface area contributed by atoms with E-state index in [9.17, 15) is 4.79 Å². The molecule has 1 unspecified atom stereocenters. The van der Waals surface area contributed by atoms with E-state index in [0.29, 0.717) is 16.9 Å². The third kappa shape index (κ3) is 4.16. The summed E-state index contributed by atoms with van der Waals surface area (Å²) in [6.45, 7) is 3.41. The van der Waals surface area contributed by atoms with Crippen LogP contribution in [0, 0.1) is 11.8 Å². The minimum atomic E-state index is -0.123. The van der Waals surface area contributed by atoms with Gasteiger partial charge in [0.2, 0.25) is 0 Å². The highest BCUT2D eigenvalue weighted by Gasteiger charge is 2.27. The van der Waals surface area contributed by atoms with Gasteiger partial charge in [0, 0.05) is 17.6 Å². The second-order valence-corrected chi connectivity index (χ2v) is 6.16. The molecule has 94 valence electrons. The standard InChI is InChI=1S/C11H16ClN3OS/c1-7(8-2-3-8)4-14-11(16)15-6-9-5-13-10(12)17-9/h5,7-8H,2-4,6H2,1H3,(H2,14,15,16). The predicted molar refractivity (Wildman–Crippen MR) is 69.3 cm³/mol. The fraction of sp³-hybridized carbons (Fsp3) is 0.636. The molecular formula is C11H16ClN3OS. The molecule has 17 heavy (non-hydrogen) atoms. The number of nitrogens with one attached hydrogen (secondary N) is 2. The zero-order valence-electron chi connectivity index (χ0n) is 9.70. The Morgan fingerprint density at radius 2 is 2.41 bits per heavy atom. The van der Waals surface area contributed by atoms with Crippen molar-refractivity contribution >= 4 is 29.0 Å². The summed E-state index contributed by atoms with van der Waals surface area (Å²) in [4.78, 5) is 16.4. The maximum absolute atomic E-state index is 11.5. The van der Waals surface area contributed by atoms with Crippen LogP contribution in [0.1, 0.15) is 24.6 Å². The van der Waals surface area contributed by atoms with E-state index in [-0.39, 0.29) is 6.03 Å². The Labute approximate surface area is 110 Å². The van der Waals surface area contributed by atoms with Crippen molar-refractivity contribution in [2.75, 3.05) is 6.54 Å². The number of thiazole rings is 1. The molecule has 2 amide bonds. The molecule has 1 aliphatic carbocycles. The molecule has 1 heterocycles. The summed E-state index contributed by atoms with van der Waals surface area (Å²) in [6, 6.07) is -0.123. The van der Waals surface area contributed by atoms with Crippen LogP contribution in [0.15, 0.2) is 6.20 Å². The van der Waals surface area contributed by atoms with Crippen LogP contribution in [-0.4, -0.2) is 17.6 Å². The van der Waals surface area contributed by atoms with Crippen molar-refractivity contribution in [3.8, 4) is 0 Å². The van der Waals surface area contributed by atoms with E-state index in [1.165, 1.54) is 24.2 Å². The summed E-state index contributed by atoms with van der Waals surface area (Å²) < 4.78 is 0.504. The van der Waals surface area contributed by atoms with Gasteiger partial charge in [0.1, 0.15) is 0 Å². The summed E-state index contributed by atoms with van der Waals surface area (Å²) in [7, 11) is 0. The summed E-state index contributed by atoms with van der Waals surface area (Å²) in [5.41, 5.74) is 0. The molecule has 0 radical (unpaired) electrons. The first kappa shape index (κ1) is 12.6. The van der Waals surface area contributed by atoms with Crippen LogP contribution < -0.4 is 10.6 Å². The molecule has 1 atom stereocenters. The molecule has 1 aliphatic rings. The first-order valence-electron chi connectivity index (χ1n) is 5.77. The average molecular weight is 274 g/mol. The fourth-order valence-electron chi connectivity index (χ4n) is 1.68. The van der Waals surface area contributed by atoms with Crippen molar-refractivity contribution in [2.24, 2.45) is 11.8 Å². The highest BCUT2D eigenvalue weighted by molar-refractivity contribution is 7.15. The largest absolute Gasteiger partial charge is 0.338 e. The first-order chi connectivity index (χ1) is 8.15. The van der Waals surface area contributed by atoms with E-state index in [1.807, 2.05) is 0 Å². The molecule has 0 spiro atoms. The van der Waals surface area contributed by atoms with E-state index in [2.05, 4.69) is 22.5 Å². The van der Waals surface area contributed by atoms with Crippen molar-refractivity contribution in [3.63, 3.8) is 0 Å². The number of nitrogens with zero attached hydrogens (tertiary/aromatic N) is 1. The van der Waals surface area contributed by atoms with Crippen molar-refractivity contribution < 1.29 is 4.79 Å². The number of aromatic nitrogens is 1. The number of hydrogen-bond acceptors (Lipinski definition) is 3. The van der Waals surface area contributed by atoms with Gasteiger partial charge in [-0.05, 0) is 24.7 Å². The lowest BCUT2D eigenvalue weighted by molar-refractivity contribution is 0.238. The van der Waals surface area contributed by atoms with Gasteiger partial charge in [-0.3, -0.25) is 0 Å². The van der Waals surface area contributed by atoms with Crippen molar-refractivity contribution in [1.29, 1.82) is 0 Å². The Balaban J connectivity index is 1.63. The lowest BCUT2D eigenvalue weighted by Crippen LogP contribution is -2.37. The van der Waals surface area contributed by atoms with Gasteiger partial charge < -0.3 is 10.6 Å². The average Bonchev–Trinajstić information content (AvgIpc) is 3.07. The molecule has 4 nitrogen and oxygen atoms in total. The van der Waals surface area contributed by atoms with E-state index < -0.39 is 0 Å². The van der Waals surface area contributed by atoms with Gasteiger partial charge in [-0.1, -0.05) is 18.5 Å². The smallest absolute Gasteiger partial charge is 0.315 e. The monoisotopic (exact) mass is 273 g/mol. The number of carbonyl (C=O) groups is 1. The predicted octanol–water partition coefficient (Wildman–Crippen LogP) is 2.64. The van der Waals surface area contributed by atoms with Gasteiger partial charge in [0.25, 0.3) is 0 Å². The van der Waals surface area contributed by atoms with Gasteiger partial charge in [0.05, 0.1) is 6.54 Å². The van der Waals surface area contributed by atoms with E-state index in [4.69, 9.17) is 11.6 Å². The normalized spacial score (nSPS) is 16.6. The van der Waals surface area contributed by atoms with Crippen molar-refractivity contribution in [1.82, 2.24) is 15.6 Å². The van der Waals surface area contributed by atoms with E-state index in [1.54, 1.807) is 6.20 Å². The highest BCUT2D eigenvalue weighted by Crippen LogP contribution is 2.35. The van der Waals surface area contributed by atoms with Crippen LogP contribution >= 0.6 is 22.9 Å². The number of halogens is 1. The summed E-state index contributed by atoms with van der Waals surface area (Å²) in [6.07, 6.45) is 4.30. The Bertz CT molecular complexity index is 392. The summed E-state index contributed by atoms with van der Waals surface area (Å²) >= 11 is 7.08. The minimum absolute atomic E-state index is 0.123. The van der Waals surface area contributed by atoms with E-state index >= 15 is 0 Å². The molecule has 2 rings (SSSR count). The molecule has 1 fully saturated rings. The maximum atomic E-state index is 11.5. The zero-order valence-corrected chi connectivity index (χ0v) is 11.3. The molecule has 0 aliphatic heterocycles. The number of urea groups is 1. The lowest BCUT2D eigenvalue weighted by atomic mass is 10.1. The second kappa shape index (κ2) is 5.69. The summed E-state index contributed by atoms with van der Waals surface area (Å²) in [5.74, 6) is 1.40. The molecule has 6 heteroatoms. The Hall–Kier alpha value is -0.810. The van der Waals surface area contributed by atoms with Gasteiger partial charge in [-0.25, -0.2) is 9.78 Å². The Morgan fingerprint density at radius 3 is 3.00 bits per heavy atom. The Kier molecular flexibility index (Phi) is 4.23. The molecule has 0 aromatic carbocycles. The Morgan fingerprint density at radius 1 is 1.65 bits per heavy atom. The lowest BCUT2D eigenvalue weighted by Gasteiger charge is -2.11. The molecular weight excluding hydrogens is 258 g/mol. The third-order valence-electron chi connectivity index (χ3n) is 2.96. The van der Waals surface area contributed by atoms with Crippen LogP contribution in [0.5, 0.6) is 0 Å². The fourth-order valence-corrected chi connectivity index (χ4v) is 2.60. The molecule has 0 bridgehead atoms. The van der Waals surface area contributed by atoms with Crippen LogP contribution in [0.4, 0.5) is 4.79 Å². The molecule has 2 N–H and O–H groups in total. The van der Waals surface area contributed by atoms with Gasteiger partial charge in [-0.15, -0.1) is 11.3 Å². The zero-order chi connectivity index (χ0) is 12.3. The molecule has 0 saturated heterocycles. The second-order valence-electron chi connectivity index (χ2n) is 4.46. The number of hydrogen-bond donors (Lipinski definition) is 2. The molecule has 1 saturated carbocycles. The molecule has 1 aromatic heterocycles. The van der Waals surface area contributed by atoms with Crippen molar-refractivity contribution in [2.45, 2.75) is 26.3 Å². The summed E-state index contributed by atoms with van der Waals surface area (Å²) in [5, 5.41) is 5.67. The van der Waals surface area contributed by atoms with Gasteiger partial charge in [-0.2, -0.15) is 0 Å². The number of carbonyl (C=O) groups excluding carboxylic acids is 1. The quantitative estimate of drug-likeness (QED) is 0.867. The van der Waals surface area contributed by atoms with Crippen LogP contribution in [0.3, 0.4) is 0 Å². The number of rotatable bonds is 5. The SMILES string of the molecule is CC(CNC(=O)NCc1cnc(Cl)s1)C1CC1. The third-order valence-corrected chi connectivity index (χ3v) is 4.07. The van der Waals surface area contributed by atoms with Crippen LogP contribution in [-0.2, 0) is 6.54 Å².